The van der Waals surface area contributed by atoms with Crippen LogP contribution in [-0.4, -0.2) is 40.7 Å². The van der Waals surface area contributed by atoms with Gasteiger partial charge in [-0.25, -0.2) is 9.78 Å². The van der Waals surface area contributed by atoms with Crippen LogP contribution in [0.25, 0.3) is 0 Å². The van der Waals surface area contributed by atoms with Crippen LogP contribution >= 0.6 is 11.8 Å². The number of carbonyl (C=O) groups is 1. The second kappa shape index (κ2) is 5.27. The zero-order valence-electron chi connectivity index (χ0n) is 9.43. The van der Waals surface area contributed by atoms with Gasteiger partial charge in [-0.2, -0.15) is 11.8 Å². The number of nitrogens with two attached hydrogens (primary N) is 1. The van der Waals surface area contributed by atoms with Crippen LogP contribution in [0.15, 0.2) is 12.3 Å². The van der Waals surface area contributed by atoms with Crippen molar-refractivity contribution in [3.8, 4) is 0 Å². The molecule has 6 heteroatoms. The third-order valence-electron chi connectivity index (χ3n) is 2.66. The topological polar surface area (TPSA) is 79.5 Å². The first-order chi connectivity index (χ1) is 8.18. The molecule has 0 radical (unpaired) electrons. The molecule has 0 bridgehead atoms. The third kappa shape index (κ3) is 2.82. The highest BCUT2D eigenvalue weighted by atomic mass is 32.2. The predicted octanol–water partition coefficient (Wildman–Crippen LogP) is 1.31. The molecule has 0 aromatic carbocycles. The summed E-state index contributed by atoms with van der Waals surface area (Å²) in [4.78, 5) is 17.1. The van der Waals surface area contributed by atoms with E-state index < -0.39 is 5.97 Å². The zero-order chi connectivity index (χ0) is 12.3. The van der Waals surface area contributed by atoms with Gasteiger partial charge < -0.3 is 15.7 Å². The fraction of sp³-hybridized carbons (Fsp3) is 0.455. The predicted molar refractivity (Wildman–Crippen MR) is 69.8 cm³/mol. The molecule has 2 heterocycles. The normalized spacial score (nSPS) is 16.6. The summed E-state index contributed by atoms with van der Waals surface area (Å²) in [6.07, 6.45) is 2.47. The number of rotatable bonds is 2. The van der Waals surface area contributed by atoms with Gasteiger partial charge in [-0.1, -0.05) is 0 Å². The Morgan fingerprint density at radius 2 is 2.29 bits per heavy atom. The molecule has 5 nitrogen and oxygen atoms in total. The fourth-order valence-electron chi connectivity index (χ4n) is 1.81. The van der Waals surface area contributed by atoms with Crippen LogP contribution in [0.5, 0.6) is 0 Å². The highest BCUT2D eigenvalue weighted by Gasteiger charge is 2.15. The maximum atomic E-state index is 10.8. The van der Waals surface area contributed by atoms with Gasteiger partial charge in [0.1, 0.15) is 0 Å². The second-order valence-corrected chi connectivity index (χ2v) is 5.12. The summed E-state index contributed by atoms with van der Waals surface area (Å²) in [6.45, 7) is 1.84. The van der Waals surface area contributed by atoms with Crippen molar-refractivity contribution in [2.75, 3.05) is 35.2 Å². The average Bonchev–Trinajstić information content (AvgIpc) is 2.57. The maximum absolute atomic E-state index is 10.8. The first kappa shape index (κ1) is 12.0. The summed E-state index contributed by atoms with van der Waals surface area (Å²) in [6, 6.07) is 1.47. The van der Waals surface area contributed by atoms with E-state index in [0.29, 0.717) is 11.5 Å². The van der Waals surface area contributed by atoms with Gasteiger partial charge in [0.15, 0.2) is 5.82 Å². The van der Waals surface area contributed by atoms with Crippen LogP contribution < -0.4 is 10.6 Å². The van der Waals surface area contributed by atoms with Gasteiger partial charge in [-0.05, 0) is 18.2 Å². The van der Waals surface area contributed by atoms with Crippen molar-refractivity contribution in [2.24, 2.45) is 0 Å². The number of aromatic carboxylic acids is 1. The number of anilines is 2. The summed E-state index contributed by atoms with van der Waals surface area (Å²) in [5, 5.41) is 8.84. The Labute approximate surface area is 104 Å². The smallest absolute Gasteiger partial charge is 0.337 e. The van der Waals surface area contributed by atoms with Crippen LogP contribution in [0, 0.1) is 0 Å². The van der Waals surface area contributed by atoms with Crippen LogP contribution in [0.4, 0.5) is 11.5 Å². The minimum atomic E-state index is -0.998. The molecule has 1 aliphatic heterocycles. The van der Waals surface area contributed by atoms with E-state index in [1.807, 2.05) is 11.8 Å². The molecule has 1 saturated heterocycles. The van der Waals surface area contributed by atoms with Crippen LogP contribution in [-0.2, 0) is 0 Å². The van der Waals surface area contributed by atoms with Crippen molar-refractivity contribution in [3.63, 3.8) is 0 Å². The van der Waals surface area contributed by atoms with E-state index in [1.54, 1.807) is 0 Å². The van der Waals surface area contributed by atoms with E-state index in [1.165, 1.54) is 12.3 Å². The summed E-state index contributed by atoms with van der Waals surface area (Å²) in [7, 11) is 0. The molecule has 3 N–H and O–H groups in total. The molecule has 2 rings (SSSR count). The van der Waals surface area contributed by atoms with E-state index in [2.05, 4.69) is 9.88 Å². The molecule has 0 amide bonds. The quantitative estimate of drug-likeness (QED) is 0.827. The minimum absolute atomic E-state index is 0.135. The Morgan fingerprint density at radius 1 is 1.47 bits per heavy atom. The zero-order valence-corrected chi connectivity index (χ0v) is 10.2. The first-order valence-electron chi connectivity index (χ1n) is 5.50. The molecule has 1 fully saturated rings. The van der Waals surface area contributed by atoms with Gasteiger partial charge >= 0.3 is 5.97 Å². The number of thioether (sulfide) groups is 1. The number of hydrogen-bond acceptors (Lipinski definition) is 5. The highest BCUT2D eigenvalue weighted by Crippen LogP contribution is 2.23. The molecular weight excluding hydrogens is 238 g/mol. The largest absolute Gasteiger partial charge is 0.478 e. The molecule has 17 heavy (non-hydrogen) atoms. The van der Waals surface area contributed by atoms with Crippen molar-refractivity contribution < 1.29 is 9.90 Å². The Bertz CT molecular complexity index is 417. The van der Waals surface area contributed by atoms with E-state index in [0.717, 1.165) is 31.0 Å². The van der Waals surface area contributed by atoms with Gasteiger partial charge in [-0.3, -0.25) is 0 Å². The average molecular weight is 253 g/mol. The van der Waals surface area contributed by atoms with Crippen molar-refractivity contribution in [3.05, 3.63) is 17.8 Å². The number of hydrogen-bond donors (Lipinski definition) is 2. The first-order valence-corrected chi connectivity index (χ1v) is 6.65. The molecule has 1 aromatic heterocycles. The summed E-state index contributed by atoms with van der Waals surface area (Å²) in [5.41, 5.74) is 6.44. The van der Waals surface area contributed by atoms with E-state index >= 15 is 0 Å². The van der Waals surface area contributed by atoms with Crippen LogP contribution in [0.1, 0.15) is 16.8 Å². The molecule has 0 atom stereocenters. The second-order valence-electron chi connectivity index (χ2n) is 3.89. The Balaban J connectivity index is 2.22. The number of carboxylic acid groups (broad SMARTS) is 1. The Hall–Kier alpha value is -1.43. The van der Waals surface area contributed by atoms with Gasteiger partial charge in [0.25, 0.3) is 0 Å². The van der Waals surface area contributed by atoms with Gasteiger partial charge in [-0.15, -0.1) is 0 Å². The lowest BCUT2D eigenvalue weighted by Crippen LogP contribution is -2.27. The summed E-state index contributed by atoms with van der Waals surface area (Å²) in [5.74, 6) is 1.92. The fourth-order valence-corrected chi connectivity index (χ4v) is 2.70. The molecular formula is C11H15N3O2S. The highest BCUT2D eigenvalue weighted by molar-refractivity contribution is 7.99. The van der Waals surface area contributed by atoms with Crippen molar-refractivity contribution in [1.82, 2.24) is 4.98 Å². The summed E-state index contributed by atoms with van der Waals surface area (Å²) < 4.78 is 0. The van der Waals surface area contributed by atoms with Crippen LogP contribution in [0.3, 0.4) is 0 Å². The SMILES string of the molecule is Nc1cc(C(=O)O)cnc1N1CCCSCC1. The third-order valence-corrected chi connectivity index (χ3v) is 3.71. The van der Waals surface area contributed by atoms with Crippen molar-refractivity contribution >= 4 is 29.2 Å². The lowest BCUT2D eigenvalue weighted by molar-refractivity contribution is 0.0696. The van der Waals surface area contributed by atoms with Gasteiger partial charge in [0, 0.05) is 25.0 Å². The summed E-state index contributed by atoms with van der Waals surface area (Å²) >= 11 is 1.92. The number of nitrogens with zero attached hydrogens (tertiary/aromatic N) is 2. The number of nitrogen functional groups attached to an aromatic ring is 1. The van der Waals surface area contributed by atoms with Gasteiger partial charge in [0.2, 0.25) is 0 Å². The van der Waals surface area contributed by atoms with E-state index in [9.17, 15) is 4.79 Å². The molecule has 0 unspecified atom stereocenters. The minimum Gasteiger partial charge on any atom is -0.478 e. The Morgan fingerprint density at radius 3 is 3.00 bits per heavy atom. The number of carboxylic acids is 1. The molecule has 0 spiro atoms. The number of pyridine rings is 1. The lowest BCUT2D eigenvalue weighted by atomic mass is 10.2. The lowest BCUT2D eigenvalue weighted by Gasteiger charge is -2.22. The Kier molecular flexibility index (Phi) is 3.73. The standard InChI is InChI=1S/C11H15N3O2S/c12-9-6-8(11(15)16)7-13-10(9)14-2-1-4-17-5-3-14/h6-7H,1-5,12H2,(H,15,16). The van der Waals surface area contributed by atoms with Crippen LogP contribution in [0.2, 0.25) is 0 Å². The molecule has 0 saturated carbocycles. The van der Waals surface area contributed by atoms with Crippen molar-refractivity contribution in [2.45, 2.75) is 6.42 Å². The monoisotopic (exact) mass is 253 g/mol. The van der Waals surface area contributed by atoms with Gasteiger partial charge in [0.05, 0.1) is 11.3 Å². The molecule has 92 valence electrons. The van der Waals surface area contributed by atoms with Crippen molar-refractivity contribution in [1.29, 1.82) is 0 Å². The number of aromatic nitrogens is 1. The maximum Gasteiger partial charge on any atom is 0.337 e. The molecule has 0 aliphatic carbocycles. The van der Waals surface area contributed by atoms with E-state index in [-0.39, 0.29) is 5.56 Å². The molecule has 1 aromatic rings. The van der Waals surface area contributed by atoms with E-state index in [4.69, 9.17) is 10.8 Å². The molecule has 1 aliphatic rings.